The second kappa shape index (κ2) is 9.56. The first kappa shape index (κ1) is 21.9. The third kappa shape index (κ3) is 16.6. The summed E-state index contributed by atoms with van der Waals surface area (Å²) in [7, 11) is 8.50. The standard InChI is InChI=1S/C8H13F3N2O3.C4H12N/c9-8(10,11)7(16)13-5(6(14)15)3-1-2-4-12;1-5(2,3)4/h5H,1-4,12H2,(H,13,16)(H,14,15);1-4H3/q;+1. The van der Waals surface area contributed by atoms with Gasteiger partial charge in [-0.3, -0.25) is 4.79 Å². The number of quaternary nitrogens is 1. The van der Waals surface area contributed by atoms with Gasteiger partial charge in [0.2, 0.25) is 0 Å². The van der Waals surface area contributed by atoms with E-state index in [4.69, 9.17) is 10.8 Å². The number of rotatable bonds is 6. The van der Waals surface area contributed by atoms with Crippen LogP contribution in [0.25, 0.3) is 0 Å². The number of aliphatic carboxylic acids is 1. The third-order valence-electron chi connectivity index (χ3n) is 1.81. The molecule has 21 heavy (non-hydrogen) atoms. The zero-order chi connectivity index (χ0) is 17.3. The van der Waals surface area contributed by atoms with Gasteiger partial charge in [0.15, 0.2) is 0 Å². The highest BCUT2D eigenvalue weighted by molar-refractivity contribution is 5.86. The van der Waals surface area contributed by atoms with Gasteiger partial charge in [0, 0.05) is 0 Å². The van der Waals surface area contributed by atoms with Gasteiger partial charge in [-0.2, -0.15) is 13.2 Å². The molecule has 0 aromatic carbocycles. The second-order valence-corrected chi connectivity index (χ2v) is 5.83. The van der Waals surface area contributed by atoms with E-state index in [1.54, 1.807) is 0 Å². The summed E-state index contributed by atoms with van der Waals surface area (Å²) in [6.07, 6.45) is -4.31. The number of nitrogens with two attached hydrogens (primary N) is 1. The Labute approximate surface area is 122 Å². The Morgan fingerprint density at radius 1 is 1.19 bits per heavy atom. The molecule has 0 spiro atoms. The van der Waals surface area contributed by atoms with Crippen molar-refractivity contribution in [3.63, 3.8) is 0 Å². The first-order valence-corrected chi connectivity index (χ1v) is 6.38. The van der Waals surface area contributed by atoms with Gasteiger partial charge in [-0.25, -0.2) is 4.79 Å². The molecular formula is C12H25F3N3O3+. The fourth-order valence-corrected chi connectivity index (χ4v) is 0.990. The predicted molar refractivity (Wildman–Crippen MR) is 72.5 cm³/mol. The molecule has 0 aromatic rings. The van der Waals surface area contributed by atoms with Crippen LogP contribution in [0.1, 0.15) is 19.3 Å². The van der Waals surface area contributed by atoms with Gasteiger partial charge >= 0.3 is 18.1 Å². The van der Waals surface area contributed by atoms with Gasteiger partial charge in [-0.1, -0.05) is 0 Å². The smallest absolute Gasteiger partial charge is 0.471 e. The molecule has 1 unspecified atom stereocenters. The summed E-state index contributed by atoms with van der Waals surface area (Å²) in [5, 5.41) is 9.98. The maximum Gasteiger partial charge on any atom is 0.471 e. The molecule has 9 heteroatoms. The van der Waals surface area contributed by atoms with E-state index in [1.807, 2.05) is 0 Å². The number of hydrogen-bond donors (Lipinski definition) is 3. The van der Waals surface area contributed by atoms with Crippen LogP contribution in [0.4, 0.5) is 13.2 Å². The molecule has 4 N–H and O–H groups in total. The van der Waals surface area contributed by atoms with Crippen molar-refractivity contribution < 1.29 is 32.3 Å². The van der Waals surface area contributed by atoms with Gasteiger partial charge in [0.25, 0.3) is 0 Å². The quantitative estimate of drug-likeness (QED) is 0.493. The highest BCUT2D eigenvalue weighted by atomic mass is 19.4. The molecule has 0 saturated carbocycles. The van der Waals surface area contributed by atoms with E-state index >= 15 is 0 Å². The lowest BCUT2D eigenvalue weighted by atomic mass is 10.1. The predicted octanol–water partition coefficient (Wildman–Crippen LogP) is 0.570. The summed E-state index contributed by atoms with van der Waals surface area (Å²) in [6.45, 7) is 0.319. The molecule has 0 aliphatic carbocycles. The van der Waals surface area contributed by atoms with E-state index in [2.05, 4.69) is 28.2 Å². The van der Waals surface area contributed by atoms with Crippen molar-refractivity contribution in [2.24, 2.45) is 5.73 Å². The van der Waals surface area contributed by atoms with Crippen molar-refractivity contribution in [3.8, 4) is 0 Å². The van der Waals surface area contributed by atoms with Gasteiger partial charge in [0.1, 0.15) is 6.04 Å². The number of hydrogen-bond acceptors (Lipinski definition) is 3. The van der Waals surface area contributed by atoms with E-state index < -0.39 is 24.1 Å². The summed E-state index contributed by atoms with van der Waals surface area (Å²) in [5.74, 6) is -3.73. The highest BCUT2D eigenvalue weighted by Crippen LogP contribution is 2.15. The maximum absolute atomic E-state index is 11.8. The van der Waals surface area contributed by atoms with Crippen LogP contribution in [0.3, 0.4) is 0 Å². The maximum atomic E-state index is 11.8. The van der Waals surface area contributed by atoms with Crippen LogP contribution in [0.15, 0.2) is 0 Å². The zero-order valence-electron chi connectivity index (χ0n) is 12.8. The molecule has 1 atom stereocenters. The molecule has 0 saturated heterocycles. The van der Waals surface area contributed by atoms with Crippen LogP contribution in [0.2, 0.25) is 0 Å². The van der Waals surface area contributed by atoms with Crippen molar-refractivity contribution >= 4 is 11.9 Å². The number of carboxylic acid groups (broad SMARTS) is 1. The number of amides is 1. The summed E-state index contributed by atoms with van der Waals surface area (Å²) in [6, 6.07) is -1.53. The Morgan fingerprint density at radius 3 is 1.90 bits per heavy atom. The number of halogens is 3. The molecular weight excluding hydrogens is 291 g/mol. The van der Waals surface area contributed by atoms with E-state index in [-0.39, 0.29) is 6.42 Å². The van der Waals surface area contributed by atoms with Gasteiger partial charge in [-0.15, -0.1) is 0 Å². The Balaban J connectivity index is 0. The minimum Gasteiger partial charge on any atom is -0.480 e. The normalized spacial score (nSPS) is 13.0. The van der Waals surface area contributed by atoms with Crippen LogP contribution in [0, 0.1) is 0 Å². The zero-order valence-corrected chi connectivity index (χ0v) is 12.8. The Hall–Kier alpha value is -1.35. The molecule has 0 rings (SSSR count). The molecule has 0 aromatic heterocycles. The molecule has 0 heterocycles. The molecule has 0 fully saturated rings. The fraction of sp³-hybridized carbons (Fsp3) is 0.833. The molecule has 6 nitrogen and oxygen atoms in total. The van der Waals surface area contributed by atoms with E-state index in [0.29, 0.717) is 19.4 Å². The molecule has 0 bridgehead atoms. The van der Waals surface area contributed by atoms with Crippen molar-refractivity contribution in [1.29, 1.82) is 0 Å². The van der Waals surface area contributed by atoms with Crippen LogP contribution in [-0.2, 0) is 9.59 Å². The van der Waals surface area contributed by atoms with Gasteiger partial charge < -0.3 is 20.6 Å². The van der Waals surface area contributed by atoms with Crippen molar-refractivity contribution in [2.75, 3.05) is 34.7 Å². The van der Waals surface area contributed by atoms with Crippen LogP contribution < -0.4 is 11.1 Å². The Kier molecular flexibility index (Phi) is 9.99. The summed E-state index contributed by atoms with van der Waals surface area (Å²) < 4.78 is 36.5. The number of carboxylic acids is 1. The molecule has 0 aliphatic rings. The van der Waals surface area contributed by atoms with E-state index in [9.17, 15) is 22.8 Å². The van der Waals surface area contributed by atoms with E-state index in [0.717, 1.165) is 4.48 Å². The number of alkyl halides is 3. The fourth-order valence-electron chi connectivity index (χ4n) is 0.990. The molecule has 126 valence electrons. The third-order valence-corrected chi connectivity index (χ3v) is 1.81. The minimum atomic E-state index is -5.07. The topological polar surface area (TPSA) is 92.4 Å². The number of carbonyl (C=O) groups excluding carboxylic acids is 1. The number of nitrogens with one attached hydrogen (secondary N) is 1. The van der Waals surface area contributed by atoms with Crippen LogP contribution in [-0.4, -0.2) is 68.4 Å². The molecule has 1 amide bonds. The molecule has 0 aliphatic heterocycles. The van der Waals surface area contributed by atoms with Crippen molar-refractivity contribution in [2.45, 2.75) is 31.5 Å². The van der Waals surface area contributed by atoms with Gasteiger partial charge in [-0.05, 0) is 25.8 Å². The second-order valence-electron chi connectivity index (χ2n) is 5.83. The summed E-state index contributed by atoms with van der Waals surface area (Å²) in [5.41, 5.74) is 5.15. The molecule has 0 radical (unpaired) electrons. The monoisotopic (exact) mass is 316 g/mol. The highest BCUT2D eigenvalue weighted by Gasteiger charge is 2.40. The average molecular weight is 316 g/mol. The van der Waals surface area contributed by atoms with Crippen LogP contribution in [0.5, 0.6) is 0 Å². The summed E-state index contributed by atoms with van der Waals surface area (Å²) in [4.78, 5) is 21.0. The van der Waals surface area contributed by atoms with E-state index in [1.165, 1.54) is 5.32 Å². The average Bonchev–Trinajstić information content (AvgIpc) is 2.23. The minimum absolute atomic E-state index is 0.0750. The largest absolute Gasteiger partial charge is 0.480 e. The van der Waals surface area contributed by atoms with Gasteiger partial charge in [0.05, 0.1) is 28.2 Å². The number of carbonyl (C=O) groups is 2. The lowest BCUT2D eigenvalue weighted by molar-refractivity contribution is -0.849. The summed E-state index contributed by atoms with van der Waals surface area (Å²) >= 11 is 0. The lowest BCUT2D eigenvalue weighted by Crippen LogP contribution is -2.46. The Morgan fingerprint density at radius 2 is 1.62 bits per heavy atom. The van der Waals surface area contributed by atoms with Crippen molar-refractivity contribution in [3.05, 3.63) is 0 Å². The first-order chi connectivity index (χ1) is 9.29. The number of nitrogens with zero attached hydrogens (tertiary/aromatic N) is 1. The SMILES string of the molecule is C[N+](C)(C)C.NCCCCC(NC(=O)C(F)(F)F)C(=O)O. The van der Waals surface area contributed by atoms with Crippen LogP contribution >= 0.6 is 0 Å². The van der Waals surface area contributed by atoms with Crippen molar-refractivity contribution in [1.82, 2.24) is 5.32 Å². The lowest BCUT2D eigenvalue weighted by Gasteiger charge is -2.15. The first-order valence-electron chi connectivity index (χ1n) is 6.38. The Bertz CT molecular complexity index is 322. The number of unbranched alkanes of at least 4 members (excludes halogenated alkanes) is 1.